The van der Waals surface area contributed by atoms with Crippen molar-refractivity contribution in [3.63, 3.8) is 0 Å². The Bertz CT molecular complexity index is 250. The number of piperazine rings is 1. The molecule has 0 saturated carbocycles. The van der Waals surface area contributed by atoms with E-state index in [0.29, 0.717) is 12.6 Å². The second-order valence-corrected chi connectivity index (χ2v) is 4.52. The van der Waals surface area contributed by atoms with Crippen LogP contribution in [0.3, 0.4) is 0 Å². The molecular weight excluding hydrogens is 220 g/mol. The van der Waals surface area contributed by atoms with Crippen LogP contribution < -0.4 is 11.3 Å². The summed E-state index contributed by atoms with van der Waals surface area (Å²) in [5.41, 5.74) is 2.22. The van der Waals surface area contributed by atoms with E-state index in [-0.39, 0.29) is 11.9 Å². The van der Waals surface area contributed by atoms with E-state index in [9.17, 15) is 4.79 Å². The zero-order valence-electron chi connectivity index (χ0n) is 11.0. The maximum atomic E-state index is 11.7. The quantitative estimate of drug-likeness (QED) is 0.369. The van der Waals surface area contributed by atoms with Crippen LogP contribution in [0.2, 0.25) is 0 Å². The van der Waals surface area contributed by atoms with Crippen LogP contribution in [0, 0.1) is 0 Å². The molecule has 1 rings (SSSR count). The molecule has 6 nitrogen and oxygen atoms in total. The molecule has 0 aromatic rings. The first-order valence-electron chi connectivity index (χ1n) is 6.07. The van der Waals surface area contributed by atoms with Crippen LogP contribution in [-0.4, -0.2) is 68.2 Å². The summed E-state index contributed by atoms with van der Waals surface area (Å²) in [5, 5.41) is 0. The molecule has 1 heterocycles. The first-order chi connectivity index (χ1) is 8.13. The molecule has 2 atom stereocenters. The highest BCUT2D eigenvalue weighted by atomic mass is 16.5. The van der Waals surface area contributed by atoms with E-state index in [0.717, 1.165) is 26.1 Å². The number of carbonyl (C=O) groups is 1. The lowest BCUT2D eigenvalue weighted by molar-refractivity contribution is -0.129. The van der Waals surface area contributed by atoms with Crippen LogP contribution in [0.25, 0.3) is 0 Å². The van der Waals surface area contributed by atoms with E-state index >= 15 is 0 Å². The fraction of sp³-hybridized carbons (Fsp3) is 0.909. The lowest BCUT2D eigenvalue weighted by Gasteiger charge is -2.41. The minimum Gasteiger partial charge on any atom is -0.383 e. The number of likely N-dealkylation sites (N-methyl/N-ethyl adjacent to an activating group) is 1. The Morgan fingerprint density at radius 1 is 1.59 bits per heavy atom. The van der Waals surface area contributed by atoms with E-state index in [1.165, 1.54) is 0 Å². The van der Waals surface area contributed by atoms with Crippen molar-refractivity contribution in [2.24, 2.45) is 5.84 Å². The molecule has 0 spiro atoms. The smallest absolute Gasteiger partial charge is 0.253 e. The minimum absolute atomic E-state index is 0.175. The molecule has 1 amide bonds. The third kappa shape index (κ3) is 3.64. The van der Waals surface area contributed by atoms with Gasteiger partial charge in [0.2, 0.25) is 0 Å². The summed E-state index contributed by atoms with van der Waals surface area (Å²) >= 11 is 0. The van der Waals surface area contributed by atoms with Gasteiger partial charge in [0.1, 0.15) is 6.04 Å². The standard InChI is InChI=1S/C11H24N4O2/c1-4-9-7-15(6-5-14(9)2)10(8-17-3)11(16)13-12/h9-10H,4-8,12H2,1-3H3,(H,13,16). The third-order valence-corrected chi connectivity index (χ3v) is 3.49. The fourth-order valence-corrected chi connectivity index (χ4v) is 2.29. The van der Waals surface area contributed by atoms with Crippen molar-refractivity contribution in [2.45, 2.75) is 25.4 Å². The SMILES string of the molecule is CCC1CN(C(COC)C(=O)NN)CCN1C. The molecule has 0 aromatic carbocycles. The highest BCUT2D eigenvalue weighted by molar-refractivity contribution is 5.81. The van der Waals surface area contributed by atoms with E-state index in [1.54, 1.807) is 7.11 Å². The van der Waals surface area contributed by atoms with Crippen LogP contribution in [0.4, 0.5) is 0 Å². The minimum atomic E-state index is -0.284. The number of hydrogen-bond acceptors (Lipinski definition) is 5. The van der Waals surface area contributed by atoms with E-state index in [4.69, 9.17) is 10.6 Å². The number of methoxy groups -OCH3 is 1. The van der Waals surface area contributed by atoms with Crippen molar-refractivity contribution in [2.75, 3.05) is 40.4 Å². The summed E-state index contributed by atoms with van der Waals surface area (Å²) in [6.45, 7) is 5.27. The van der Waals surface area contributed by atoms with Gasteiger partial charge in [-0.1, -0.05) is 6.92 Å². The van der Waals surface area contributed by atoms with Crippen molar-refractivity contribution in [1.29, 1.82) is 0 Å². The summed E-state index contributed by atoms with van der Waals surface area (Å²) in [5.74, 6) is 5.04. The lowest BCUT2D eigenvalue weighted by Crippen LogP contribution is -2.59. The van der Waals surface area contributed by atoms with E-state index in [2.05, 4.69) is 29.2 Å². The number of ether oxygens (including phenoxy) is 1. The number of nitrogens with one attached hydrogen (secondary N) is 1. The van der Waals surface area contributed by atoms with Gasteiger partial charge in [-0.25, -0.2) is 5.84 Å². The summed E-state index contributed by atoms with van der Waals surface area (Å²) in [4.78, 5) is 16.2. The lowest BCUT2D eigenvalue weighted by atomic mass is 10.1. The topological polar surface area (TPSA) is 70.8 Å². The van der Waals surface area contributed by atoms with Gasteiger partial charge in [-0.3, -0.25) is 15.1 Å². The summed E-state index contributed by atoms with van der Waals surface area (Å²) in [7, 11) is 3.73. The molecule has 0 aliphatic carbocycles. The molecule has 1 fully saturated rings. The molecular formula is C11H24N4O2. The molecule has 0 aromatic heterocycles. The van der Waals surface area contributed by atoms with Gasteiger partial charge in [0.05, 0.1) is 6.61 Å². The fourth-order valence-electron chi connectivity index (χ4n) is 2.29. The average molecular weight is 244 g/mol. The van der Waals surface area contributed by atoms with Crippen molar-refractivity contribution in [3.05, 3.63) is 0 Å². The van der Waals surface area contributed by atoms with Gasteiger partial charge < -0.3 is 9.64 Å². The van der Waals surface area contributed by atoms with Crippen molar-refractivity contribution >= 4 is 5.91 Å². The molecule has 100 valence electrons. The van der Waals surface area contributed by atoms with Crippen LogP contribution in [-0.2, 0) is 9.53 Å². The average Bonchev–Trinajstić information content (AvgIpc) is 2.36. The predicted molar refractivity (Wildman–Crippen MR) is 66.3 cm³/mol. The number of hydrogen-bond donors (Lipinski definition) is 2. The Labute approximate surface area is 103 Å². The predicted octanol–water partition coefficient (Wildman–Crippen LogP) is -0.983. The number of rotatable bonds is 5. The van der Waals surface area contributed by atoms with Gasteiger partial charge in [-0.05, 0) is 13.5 Å². The van der Waals surface area contributed by atoms with Crippen molar-refractivity contribution in [3.8, 4) is 0 Å². The molecule has 1 saturated heterocycles. The van der Waals surface area contributed by atoms with Crippen LogP contribution in [0.15, 0.2) is 0 Å². The van der Waals surface area contributed by atoms with Crippen LogP contribution >= 0.6 is 0 Å². The Morgan fingerprint density at radius 3 is 2.82 bits per heavy atom. The van der Waals surface area contributed by atoms with E-state index in [1.807, 2.05) is 0 Å². The highest BCUT2D eigenvalue weighted by Gasteiger charge is 2.31. The largest absolute Gasteiger partial charge is 0.383 e. The molecule has 0 radical (unpaired) electrons. The van der Waals surface area contributed by atoms with Gasteiger partial charge in [0.15, 0.2) is 0 Å². The summed E-state index contributed by atoms with van der Waals surface area (Å²) in [6, 6.07) is 0.210. The number of amides is 1. The zero-order chi connectivity index (χ0) is 12.8. The second-order valence-electron chi connectivity index (χ2n) is 4.52. The second kappa shape index (κ2) is 6.90. The third-order valence-electron chi connectivity index (χ3n) is 3.49. The van der Waals surface area contributed by atoms with Crippen molar-refractivity contribution < 1.29 is 9.53 Å². The molecule has 0 bridgehead atoms. The first-order valence-corrected chi connectivity index (χ1v) is 6.07. The molecule has 2 unspecified atom stereocenters. The Balaban J connectivity index is 2.65. The van der Waals surface area contributed by atoms with Crippen LogP contribution in [0.1, 0.15) is 13.3 Å². The number of nitrogens with two attached hydrogens (primary N) is 1. The highest BCUT2D eigenvalue weighted by Crippen LogP contribution is 2.13. The van der Waals surface area contributed by atoms with Gasteiger partial charge >= 0.3 is 0 Å². The number of nitrogens with zero attached hydrogens (tertiary/aromatic N) is 2. The van der Waals surface area contributed by atoms with Crippen molar-refractivity contribution in [1.82, 2.24) is 15.2 Å². The van der Waals surface area contributed by atoms with Gasteiger partial charge in [0, 0.05) is 32.8 Å². The van der Waals surface area contributed by atoms with Crippen LogP contribution in [0.5, 0.6) is 0 Å². The Kier molecular flexibility index (Phi) is 5.84. The van der Waals surface area contributed by atoms with Gasteiger partial charge in [-0.15, -0.1) is 0 Å². The maximum absolute atomic E-state index is 11.7. The molecule has 1 aliphatic rings. The first kappa shape index (κ1) is 14.4. The number of carbonyl (C=O) groups excluding carboxylic acids is 1. The summed E-state index contributed by atoms with van der Waals surface area (Å²) in [6.07, 6.45) is 1.08. The zero-order valence-corrected chi connectivity index (χ0v) is 11.0. The normalized spacial score (nSPS) is 24.6. The monoisotopic (exact) mass is 244 g/mol. The molecule has 1 aliphatic heterocycles. The number of hydrazine groups is 1. The maximum Gasteiger partial charge on any atom is 0.253 e. The van der Waals surface area contributed by atoms with Gasteiger partial charge in [-0.2, -0.15) is 0 Å². The Morgan fingerprint density at radius 2 is 2.29 bits per heavy atom. The Hall–Kier alpha value is -0.690. The molecule has 17 heavy (non-hydrogen) atoms. The van der Waals surface area contributed by atoms with Gasteiger partial charge in [0.25, 0.3) is 5.91 Å². The molecule has 3 N–H and O–H groups in total. The molecule has 6 heteroatoms. The summed E-state index contributed by atoms with van der Waals surface area (Å²) < 4.78 is 5.10. The van der Waals surface area contributed by atoms with E-state index < -0.39 is 0 Å².